The number of hydrogen-bond acceptors (Lipinski definition) is 3. The van der Waals surface area contributed by atoms with E-state index < -0.39 is 0 Å². The molecule has 0 N–H and O–H groups in total. The van der Waals surface area contributed by atoms with Crippen LogP contribution in [0.5, 0.6) is 0 Å². The van der Waals surface area contributed by atoms with Crippen molar-refractivity contribution in [3.63, 3.8) is 0 Å². The highest BCUT2D eigenvalue weighted by Crippen LogP contribution is 2.27. The SMILES string of the molecule is O=C1OCC2COCC12. The van der Waals surface area contributed by atoms with Gasteiger partial charge < -0.3 is 9.47 Å². The van der Waals surface area contributed by atoms with E-state index in [4.69, 9.17) is 9.47 Å². The predicted octanol–water partition coefficient (Wildman–Crippen LogP) is -0.194. The minimum atomic E-state index is -0.0718. The van der Waals surface area contributed by atoms with Crippen molar-refractivity contribution < 1.29 is 14.3 Å². The summed E-state index contributed by atoms with van der Waals surface area (Å²) in [4.78, 5) is 10.8. The average Bonchev–Trinajstić information content (AvgIpc) is 2.35. The standard InChI is InChI=1S/C6H8O3/c7-6-5-3-8-1-4(5)2-9-6/h4-5H,1-3H2. The fraction of sp³-hybridized carbons (Fsp3) is 0.833. The Kier molecular flexibility index (Phi) is 0.990. The second-order valence-electron chi connectivity index (χ2n) is 2.53. The van der Waals surface area contributed by atoms with Gasteiger partial charge in [-0.15, -0.1) is 0 Å². The van der Waals surface area contributed by atoms with Crippen LogP contribution in [0.25, 0.3) is 0 Å². The third kappa shape index (κ3) is 0.645. The van der Waals surface area contributed by atoms with Gasteiger partial charge in [-0.25, -0.2) is 0 Å². The van der Waals surface area contributed by atoms with Crippen LogP contribution in [0.2, 0.25) is 0 Å². The molecule has 2 aliphatic rings. The van der Waals surface area contributed by atoms with Crippen LogP contribution in [0.1, 0.15) is 0 Å². The number of esters is 1. The summed E-state index contributed by atoms with van der Waals surface area (Å²) in [5.74, 6) is 0.347. The van der Waals surface area contributed by atoms with E-state index in [9.17, 15) is 4.79 Å². The second kappa shape index (κ2) is 1.70. The summed E-state index contributed by atoms with van der Waals surface area (Å²) >= 11 is 0. The van der Waals surface area contributed by atoms with E-state index in [-0.39, 0.29) is 11.9 Å². The van der Waals surface area contributed by atoms with Gasteiger partial charge in [-0.3, -0.25) is 4.79 Å². The molecule has 2 fully saturated rings. The maximum Gasteiger partial charge on any atom is 0.311 e. The first-order valence-corrected chi connectivity index (χ1v) is 3.12. The minimum Gasteiger partial charge on any atom is -0.465 e. The fourth-order valence-corrected chi connectivity index (χ4v) is 1.32. The van der Waals surface area contributed by atoms with Gasteiger partial charge in [0, 0.05) is 5.92 Å². The maximum absolute atomic E-state index is 10.8. The topological polar surface area (TPSA) is 35.5 Å². The molecular formula is C6H8O3. The molecular weight excluding hydrogens is 120 g/mol. The van der Waals surface area contributed by atoms with Gasteiger partial charge in [-0.1, -0.05) is 0 Å². The Hall–Kier alpha value is -0.570. The lowest BCUT2D eigenvalue weighted by molar-refractivity contribution is -0.142. The van der Waals surface area contributed by atoms with Crippen LogP contribution in [0.4, 0.5) is 0 Å². The molecule has 2 unspecified atom stereocenters. The Morgan fingerprint density at radius 2 is 2.22 bits per heavy atom. The van der Waals surface area contributed by atoms with E-state index in [2.05, 4.69) is 0 Å². The van der Waals surface area contributed by atoms with Crippen molar-refractivity contribution in [2.24, 2.45) is 11.8 Å². The molecule has 0 aromatic rings. The molecule has 9 heavy (non-hydrogen) atoms. The summed E-state index contributed by atoms with van der Waals surface area (Å²) in [5.41, 5.74) is 0. The zero-order chi connectivity index (χ0) is 6.27. The Balaban J connectivity index is 2.15. The first-order valence-electron chi connectivity index (χ1n) is 3.12. The van der Waals surface area contributed by atoms with E-state index in [1.54, 1.807) is 0 Å². The minimum absolute atomic E-state index is 0.0602. The number of cyclic esters (lactones) is 1. The summed E-state index contributed by atoms with van der Waals surface area (Å²) in [6.45, 7) is 1.85. The number of hydrogen-bond donors (Lipinski definition) is 0. The van der Waals surface area contributed by atoms with Crippen molar-refractivity contribution >= 4 is 5.97 Å². The Bertz CT molecular complexity index is 143. The van der Waals surface area contributed by atoms with Gasteiger partial charge in [-0.2, -0.15) is 0 Å². The van der Waals surface area contributed by atoms with Crippen molar-refractivity contribution in [1.29, 1.82) is 0 Å². The molecule has 0 amide bonds. The Labute approximate surface area is 52.9 Å². The highest BCUT2D eigenvalue weighted by Gasteiger charge is 2.41. The highest BCUT2D eigenvalue weighted by molar-refractivity contribution is 5.75. The molecule has 0 radical (unpaired) electrons. The smallest absolute Gasteiger partial charge is 0.311 e. The molecule has 3 heteroatoms. The zero-order valence-corrected chi connectivity index (χ0v) is 5.00. The fourth-order valence-electron chi connectivity index (χ4n) is 1.32. The van der Waals surface area contributed by atoms with Gasteiger partial charge in [0.2, 0.25) is 0 Å². The molecule has 0 saturated carbocycles. The molecule has 0 aromatic heterocycles. The zero-order valence-electron chi connectivity index (χ0n) is 5.00. The molecule has 2 atom stereocenters. The van der Waals surface area contributed by atoms with Crippen LogP contribution >= 0.6 is 0 Å². The largest absolute Gasteiger partial charge is 0.465 e. The van der Waals surface area contributed by atoms with Gasteiger partial charge in [0.25, 0.3) is 0 Å². The third-order valence-electron chi connectivity index (χ3n) is 1.94. The molecule has 2 aliphatic heterocycles. The first kappa shape index (κ1) is 5.23. The molecule has 2 rings (SSSR count). The molecule has 2 heterocycles. The molecule has 0 spiro atoms. The first-order chi connectivity index (χ1) is 4.38. The quantitative estimate of drug-likeness (QED) is 0.424. The van der Waals surface area contributed by atoms with Crippen molar-refractivity contribution in [2.45, 2.75) is 0 Å². The van der Waals surface area contributed by atoms with Gasteiger partial charge in [0.1, 0.15) is 0 Å². The normalized spacial score (nSPS) is 40.7. The summed E-state index contributed by atoms with van der Waals surface area (Å²) in [7, 11) is 0. The monoisotopic (exact) mass is 128 g/mol. The van der Waals surface area contributed by atoms with E-state index in [1.165, 1.54) is 0 Å². The van der Waals surface area contributed by atoms with Crippen LogP contribution in [-0.4, -0.2) is 25.8 Å². The molecule has 0 aliphatic carbocycles. The van der Waals surface area contributed by atoms with Gasteiger partial charge in [-0.05, 0) is 0 Å². The Morgan fingerprint density at radius 3 is 3.00 bits per heavy atom. The molecule has 50 valence electrons. The van der Waals surface area contributed by atoms with Crippen molar-refractivity contribution in [3.05, 3.63) is 0 Å². The van der Waals surface area contributed by atoms with E-state index in [1.807, 2.05) is 0 Å². The lowest BCUT2D eigenvalue weighted by Gasteiger charge is -1.94. The number of ether oxygens (including phenoxy) is 2. The van der Waals surface area contributed by atoms with Crippen LogP contribution in [0.3, 0.4) is 0 Å². The maximum atomic E-state index is 10.8. The predicted molar refractivity (Wildman–Crippen MR) is 28.8 cm³/mol. The third-order valence-corrected chi connectivity index (χ3v) is 1.94. The van der Waals surface area contributed by atoms with Crippen LogP contribution < -0.4 is 0 Å². The summed E-state index contributed by atoms with van der Waals surface area (Å²) in [6, 6.07) is 0. The lowest BCUT2D eigenvalue weighted by atomic mass is 10.0. The van der Waals surface area contributed by atoms with Crippen LogP contribution in [-0.2, 0) is 14.3 Å². The summed E-state index contributed by atoms with van der Waals surface area (Å²) < 4.78 is 9.88. The highest BCUT2D eigenvalue weighted by atomic mass is 16.6. The van der Waals surface area contributed by atoms with Gasteiger partial charge >= 0.3 is 5.97 Å². The molecule has 3 nitrogen and oxygen atoms in total. The average molecular weight is 128 g/mol. The van der Waals surface area contributed by atoms with Crippen molar-refractivity contribution in [2.75, 3.05) is 19.8 Å². The number of fused-ring (bicyclic) bond motifs is 1. The molecule has 0 aromatic carbocycles. The van der Waals surface area contributed by atoms with Crippen molar-refractivity contribution in [3.8, 4) is 0 Å². The van der Waals surface area contributed by atoms with E-state index >= 15 is 0 Å². The van der Waals surface area contributed by atoms with E-state index in [0.717, 1.165) is 0 Å². The van der Waals surface area contributed by atoms with Gasteiger partial charge in [0.15, 0.2) is 0 Å². The second-order valence-corrected chi connectivity index (χ2v) is 2.53. The summed E-state index contributed by atoms with van der Waals surface area (Å²) in [6.07, 6.45) is 0. The van der Waals surface area contributed by atoms with Crippen LogP contribution in [0.15, 0.2) is 0 Å². The number of carbonyl (C=O) groups excluding carboxylic acids is 1. The lowest BCUT2D eigenvalue weighted by Crippen LogP contribution is -2.12. The van der Waals surface area contributed by atoms with Gasteiger partial charge in [0.05, 0.1) is 25.7 Å². The Morgan fingerprint density at radius 1 is 1.33 bits per heavy atom. The van der Waals surface area contributed by atoms with Crippen molar-refractivity contribution in [1.82, 2.24) is 0 Å². The number of carbonyl (C=O) groups is 1. The summed E-state index contributed by atoms with van der Waals surface area (Å²) in [5, 5.41) is 0. The van der Waals surface area contributed by atoms with E-state index in [0.29, 0.717) is 25.7 Å². The molecule has 2 saturated heterocycles. The molecule has 0 bridgehead atoms. The van der Waals surface area contributed by atoms with Crippen LogP contribution in [0, 0.1) is 11.8 Å². The number of rotatable bonds is 0.